The maximum atomic E-state index is 14.1. The van der Waals surface area contributed by atoms with Crippen molar-refractivity contribution in [1.82, 2.24) is 19.7 Å². The molecule has 0 spiro atoms. The standard InChI is InChI=1S/C15H9F2N5/c16-10-4-2-1-3-9(10)14-15-11(5-6-12(17)20-15)22-8-19-21-13(22)7-18-14/h1-6,8H,7H2. The minimum Gasteiger partial charge on any atom is -0.282 e. The molecule has 7 heteroatoms. The van der Waals surface area contributed by atoms with Crippen LogP contribution in [0.2, 0.25) is 0 Å². The third kappa shape index (κ3) is 1.90. The number of aromatic nitrogens is 4. The van der Waals surface area contributed by atoms with Crippen LogP contribution in [0.4, 0.5) is 8.78 Å². The monoisotopic (exact) mass is 297 g/mol. The summed E-state index contributed by atoms with van der Waals surface area (Å²) < 4.78 is 29.4. The molecule has 3 heterocycles. The number of nitrogens with zero attached hydrogens (tertiary/aromatic N) is 5. The molecular weight excluding hydrogens is 288 g/mol. The van der Waals surface area contributed by atoms with Crippen LogP contribution < -0.4 is 0 Å². The van der Waals surface area contributed by atoms with Crippen molar-refractivity contribution in [3.63, 3.8) is 0 Å². The first kappa shape index (κ1) is 12.8. The molecule has 0 saturated heterocycles. The van der Waals surface area contributed by atoms with Gasteiger partial charge in [-0.15, -0.1) is 10.2 Å². The SMILES string of the molecule is Fc1ccc2c(n1)C(c1ccccc1F)=NCc1nncn1-2. The fraction of sp³-hybridized carbons (Fsp3) is 0.0667. The Morgan fingerprint density at radius 3 is 2.77 bits per heavy atom. The highest BCUT2D eigenvalue weighted by Crippen LogP contribution is 2.24. The Morgan fingerprint density at radius 1 is 1.05 bits per heavy atom. The normalized spacial score (nSPS) is 13.1. The molecule has 0 atom stereocenters. The van der Waals surface area contributed by atoms with Gasteiger partial charge in [-0.3, -0.25) is 9.56 Å². The second kappa shape index (κ2) is 4.80. The Morgan fingerprint density at radius 2 is 1.91 bits per heavy atom. The molecule has 0 N–H and O–H groups in total. The van der Waals surface area contributed by atoms with Gasteiger partial charge in [0.2, 0.25) is 5.95 Å². The molecule has 0 bridgehead atoms. The number of halogens is 2. The number of rotatable bonds is 1. The van der Waals surface area contributed by atoms with Crippen LogP contribution >= 0.6 is 0 Å². The Bertz CT molecular complexity index is 900. The largest absolute Gasteiger partial charge is 0.282 e. The van der Waals surface area contributed by atoms with E-state index in [-0.39, 0.29) is 17.8 Å². The first-order valence-corrected chi connectivity index (χ1v) is 6.59. The van der Waals surface area contributed by atoms with E-state index in [0.717, 1.165) is 0 Å². The highest BCUT2D eigenvalue weighted by molar-refractivity contribution is 6.14. The van der Waals surface area contributed by atoms with Crippen molar-refractivity contribution in [2.24, 2.45) is 4.99 Å². The summed E-state index contributed by atoms with van der Waals surface area (Å²) in [5, 5.41) is 7.81. The van der Waals surface area contributed by atoms with E-state index in [0.29, 0.717) is 17.2 Å². The third-order valence-corrected chi connectivity index (χ3v) is 3.45. The van der Waals surface area contributed by atoms with E-state index in [2.05, 4.69) is 20.2 Å². The topological polar surface area (TPSA) is 56.0 Å². The Hall–Kier alpha value is -2.96. The Labute approximate surface area is 124 Å². The Balaban J connectivity index is 2.01. The smallest absolute Gasteiger partial charge is 0.213 e. The fourth-order valence-corrected chi connectivity index (χ4v) is 2.46. The lowest BCUT2D eigenvalue weighted by atomic mass is 10.0. The van der Waals surface area contributed by atoms with Gasteiger partial charge in [0.1, 0.15) is 24.4 Å². The Kier molecular flexibility index (Phi) is 2.78. The molecule has 22 heavy (non-hydrogen) atoms. The summed E-state index contributed by atoms with van der Waals surface area (Å²) in [5.74, 6) is -0.503. The molecular formula is C15H9F2N5. The maximum Gasteiger partial charge on any atom is 0.213 e. The highest BCUT2D eigenvalue weighted by atomic mass is 19.1. The lowest BCUT2D eigenvalue weighted by Crippen LogP contribution is -2.12. The van der Waals surface area contributed by atoms with Crippen molar-refractivity contribution >= 4 is 5.71 Å². The molecule has 0 aliphatic carbocycles. The van der Waals surface area contributed by atoms with Gasteiger partial charge >= 0.3 is 0 Å². The quantitative estimate of drug-likeness (QED) is 0.648. The molecule has 108 valence electrons. The second-order valence-corrected chi connectivity index (χ2v) is 4.76. The van der Waals surface area contributed by atoms with Gasteiger partial charge in [-0.1, -0.05) is 12.1 Å². The fourth-order valence-electron chi connectivity index (χ4n) is 2.46. The molecule has 1 aliphatic heterocycles. The van der Waals surface area contributed by atoms with Gasteiger partial charge in [-0.05, 0) is 24.3 Å². The summed E-state index contributed by atoms with van der Waals surface area (Å²) >= 11 is 0. The van der Waals surface area contributed by atoms with Crippen molar-refractivity contribution < 1.29 is 8.78 Å². The molecule has 1 aromatic carbocycles. The van der Waals surface area contributed by atoms with Gasteiger partial charge in [-0.2, -0.15) is 4.39 Å². The van der Waals surface area contributed by atoms with Crippen LogP contribution in [0.15, 0.2) is 47.7 Å². The number of benzene rings is 1. The van der Waals surface area contributed by atoms with E-state index in [1.54, 1.807) is 28.8 Å². The van der Waals surface area contributed by atoms with Crippen molar-refractivity contribution in [1.29, 1.82) is 0 Å². The molecule has 0 fully saturated rings. The first-order chi connectivity index (χ1) is 10.7. The van der Waals surface area contributed by atoms with Crippen molar-refractivity contribution in [2.45, 2.75) is 6.54 Å². The van der Waals surface area contributed by atoms with E-state index in [1.807, 2.05) is 0 Å². The number of pyridine rings is 1. The zero-order valence-corrected chi connectivity index (χ0v) is 11.2. The van der Waals surface area contributed by atoms with Crippen LogP contribution in [0.3, 0.4) is 0 Å². The first-order valence-electron chi connectivity index (χ1n) is 6.59. The average molecular weight is 297 g/mol. The predicted octanol–water partition coefficient (Wildman–Crippen LogP) is 2.29. The van der Waals surface area contributed by atoms with Gasteiger partial charge < -0.3 is 0 Å². The molecule has 0 saturated carbocycles. The van der Waals surface area contributed by atoms with E-state index in [1.165, 1.54) is 18.5 Å². The van der Waals surface area contributed by atoms with Crippen molar-refractivity contribution in [3.8, 4) is 5.69 Å². The summed E-state index contributed by atoms with van der Waals surface area (Å²) in [5.41, 5.74) is 1.42. The van der Waals surface area contributed by atoms with Gasteiger partial charge in [0.05, 0.1) is 11.4 Å². The molecule has 0 unspecified atom stereocenters. The highest BCUT2D eigenvalue weighted by Gasteiger charge is 2.23. The van der Waals surface area contributed by atoms with Crippen LogP contribution in [0.1, 0.15) is 17.1 Å². The summed E-state index contributed by atoms with van der Waals surface area (Å²) in [4.78, 5) is 8.29. The maximum absolute atomic E-state index is 14.1. The van der Waals surface area contributed by atoms with Crippen LogP contribution in [0.25, 0.3) is 5.69 Å². The zero-order chi connectivity index (χ0) is 15.1. The molecule has 5 nitrogen and oxygen atoms in total. The van der Waals surface area contributed by atoms with Gasteiger partial charge in [0.15, 0.2) is 5.82 Å². The number of aliphatic imine (C=N–C) groups is 1. The molecule has 1 aliphatic rings. The number of hydrogen-bond acceptors (Lipinski definition) is 4. The summed E-state index contributed by atoms with van der Waals surface area (Å²) in [6.45, 7) is 0.210. The van der Waals surface area contributed by atoms with Crippen LogP contribution in [-0.4, -0.2) is 25.5 Å². The molecule has 3 aromatic rings. The number of hydrogen-bond donors (Lipinski definition) is 0. The predicted molar refractivity (Wildman–Crippen MR) is 74.9 cm³/mol. The third-order valence-electron chi connectivity index (χ3n) is 3.45. The second-order valence-electron chi connectivity index (χ2n) is 4.76. The van der Waals surface area contributed by atoms with E-state index >= 15 is 0 Å². The minimum atomic E-state index is -0.653. The minimum absolute atomic E-state index is 0.210. The van der Waals surface area contributed by atoms with Crippen molar-refractivity contribution in [3.05, 3.63) is 71.6 Å². The average Bonchev–Trinajstić information content (AvgIpc) is 2.92. The molecule has 0 amide bonds. The van der Waals surface area contributed by atoms with Gasteiger partial charge in [0, 0.05) is 5.56 Å². The summed E-state index contributed by atoms with van der Waals surface area (Å²) in [6.07, 6.45) is 1.51. The van der Waals surface area contributed by atoms with Gasteiger partial charge in [-0.25, -0.2) is 9.37 Å². The van der Waals surface area contributed by atoms with Crippen LogP contribution in [0.5, 0.6) is 0 Å². The lowest BCUT2D eigenvalue weighted by Gasteiger charge is -2.10. The van der Waals surface area contributed by atoms with E-state index in [4.69, 9.17) is 0 Å². The van der Waals surface area contributed by atoms with E-state index < -0.39 is 11.8 Å². The molecule has 2 aromatic heterocycles. The molecule has 4 rings (SSSR count). The lowest BCUT2D eigenvalue weighted by molar-refractivity contribution is 0.581. The zero-order valence-electron chi connectivity index (χ0n) is 11.2. The van der Waals surface area contributed by atoms with Gasteiger partial charge in [0.25, 0.3) is 0 Å². The summed E-state index contributed by atoms with van der Waals surface area (Å²) in [7, 11) is 0. The van der Waals surface area contributed by atoms with Crippen LogP contribution in [0, 0.1) is 11.8 Å². The molecule has 0 radical (unpaired) electrons. The summed E-state index contributed by atoms with van der Waals surface area (Å²) in [6, 6.07) is 9.02. The van der Waals surface area contributed by atoms with Crippen LogP contribution in [-0.2, 0) is 6.54 Å². The van der Waals surface area contributed by atoms with Crippen molar-refractivity contribution in [2.75, 3.05) is 0 Å². The van der Waals surface area contributed by atoms with E-state index in [9.17, 15) is 8.78 Å². The number of fused-ring (bicyclic) bond motifs is 3.